The van der Waals surface area contributed by atoms with E-state index in [0.717, 1.165) is 16.7 Å². The lowest BCUT2D eigenvalue weighted by atomic mass is 10.1. The summed E-state index contributed by atoms with van der Waals surface area (Å²) in [5.41, 5.74) is 2.69. The molecule has 2 rings (SSSR count). The molecule has 0 spiro atoms. The van der Waals surface area contributed by atoms with Crippen molar-refractivity contribution in [3.8, 4) is 0 Å². The van der Waals surface area contributed by atoms with E-state index in [1.807, 2.05) is 18.2 Å². The van der Waals surface area contributed by atoms with Crippen molar-refractivity contribution in [3.05, 3.63) is 23.8 Å². The second-order valence-electron chi connectivity index (χ2n) is 2.77. The zero-order valence-electron chi connectivity index (χ0n) is 6.78. The lowest BCUT2D eigenvalue weighted by Gasteiger charge is -2.05. The Labute approximate surface area is 69.9 Å². The minimum absolute atomic E-state index is 0.486. The maximum Gasteiger partial charge on any atom is 0.158 e. The average Bonchev–Trinajstić information content (AvgIpc) is 2.64. The highest BCUT2D eigenvalue weighted by molar-refractivity contribution is 5.65. The average molecular weight is 166 g/mol. The fourth-order valence-corrected chi connectivity index (χ4v) is 1.28. The summed E-state index contributed by atoms with van der Waals surface area (Å²) in [6, 6.07) is 5.71. The fraction of sp³-hybridized carbons (Fsp3) is 0.333. The molecule has 12 heavy (non-hydrogen) atoms. The monoisotopic (exact) mass is 166 g/mol. The zero-order valence-corrected chi connectivity index (χ0v) is 6.78. The van der Waals surface area contributed by atoms with Gasteiger partial charge in [-0.2, -0.15) is 0 Å². The Balaban J connectivity index is 2.18. The Morgan fingerprint density at radius 2 is 2.42 bits per heavy atom. The summed E-state index contributed by atoms with van der Waals surface area (Å²) in [6.45, 7) is 0. The Morgan fingerprint density at radius 3 is 2.92 bits per heavy atom. The molecule has 64 valence electrons. The molecule has 3 heteroatoms. The molecule has 0 aliphatic heterocycles. The third-order valence-electron chi connectivity index (χ3n) is 1.93. The summed E-state index contributed by atoms with van der Waals surface area (Å²) in [4.78, 5) is 0. The van der Waals surface area contributed by atoms with Crippen LogP contribution in [0.25, 0.3) is 11.2 Å². The van der Waals surface area contributed by atoms with Crippen molar-refractivity contribution >= 4 is 11.2 Å². The van der Waals surface area contributed by atoms with E-state index >= 15 is 0 Å². The van der Waals surface area contributed by atoms with Crippen LogP contribution in [-0.2, 0) is 11.2 Å². The molecule has 2 aromatic heterocycles. The number of fused-ring (bicyclic) bond motifs is 2. The van der Waals surface area contributed by atoms with Gasteiger partial charge >= 0.3 is 0 Å². The maximum absolute atomic E-state index is 9.18. The summed E-state index contributed by atoms with van der Waals surface area (Å²) in [6.07, 6.45) is -0.250. The van der Waals surface area contributed by atoms with Crippen molar-refractivity contribution in [1.82, 2.24) is 0 Å². The van der Waals surface area contributed by atoms with Crippen molar-refractivity contribution in [3.63, 3.8) is 0 Å². The van der Waals surface area contributed by atoms with Gasteiger partial charge in [-0.25, -0.2) is 0 Å². The van der Waals surface area contributed by atoms with Gasteiger partial charge in [0.2, 0.25) is 0 Å². The number of furan rings is 2. The van der Waals surface area contributed by atoms with Gasteiger partial charge in [0.1, 0.15) is 11.2 Å². The third kappa shape index (κ3) is 1.17. The molecule has 0 fully saturated rings. The van der Waals surface area contributed by atoms with Gasteiger partial charge in [0.05, 0.1) is 0 Å². The summed E-state index contributed by atoms with van der Waals surface area (Å²) >= 11 is 0. The lowest BCUT2D eigenvalue weighted by Crippen LogP contribution is -2.11. The highest BCUT2D eigenvalue weighted by Crippen LogP contribution is 2.22. The maximum atomic E-state index is 9.18. The molecule has 2 bridgehead atoms. The minimum atomic E-state index is -0.735. The number of hydrogen-bond acceptors (Lipinski definition) is 3. The molecule has 1 unspecified atom stereocenters. The Kier molecular flexibility index (Phi) is 1.75. The first kappa shape index (κ1) is 7.58. The highest BCUT2D eigenvalue weighted by Gasteiger charge is 2.10. The largest absolute Gasteiger partial charge is 0.457 e. The lowest BCUT2D eigenvalue weighted by molar-refractivity contribution is -0.0718. The van der Waals surface area contributed by atoms with Crippen molar-refractivity contribution < 1.29 is 14.3 Å². The predicted octanol–water partition coefficient (Wildman–Crippen LogP) is 1.38. The van der Waals surface area contributed by atoms with Gasteiger partial charge < -0.3 is 14.3 Å². The molecule has 1 atom stereocenters. The topological polar surface area (TPSA) is 42.6 Å². The summed E-state index contributed by atoms with van der Waals surface area (Å²) in [5.74, 6) is 0. The van der Waals surface area contributed by atoms with Crippen LogP contribution < -0.4 is 0 Å². The van der Waals surface area contributed by atoms with Crippen molar-refractivity contribution in [2.45, 2.75) is 12.7 Å². The molecule has 2 heterocycles. The van der Waals surface area contributed by atoms with Gasteiger partial charge in [-0.1, -0.05) is 0 Å². The summed E-state index contributed by atoms with van der Waals surface area (Å²) in [7, 11) is 1.48. The second kappa shape index (κ2) is 2.77. The molecule has 0 aliphatic carbocycles. The van der Waals surface area contributed by atoms with Crippen LogP contribution in [0.2, 0.25) is 0 Å². The molecule has 0 radical (unpaired) electrons. The molecular weight excluding hydrogens is 156 g/mol. The molecule has 0 amide bonds. The van der Waals surface area contributed by atoms with Crippen LogP contribution in [0.4, 0.5) is 0 Å². The van der Waals surface area contributed by atoms with E-state index in [0.29, 0.717) is 6.42 Å². The first-order chi connectivity index (χ1) is 5.79. The Morgan fingerprint density at radius 1 is 1.58 bits per heavy atom. The number of methoxy groups -OCH3 is 1. The normalized spacial score (nSPS) is 14.2. The first-order valence-electron chi connectivity index (χ1n) is 3.81. The third-order valence-corrected chi connectivity index (χ3v) is 1.93. The SMILES string of the molecule is COC(O)Cc1cc2ccc1o2. The van der Waals surface area contributed by atoms with E-state index in [2.05, 4.69) is 0 Å². The van der Waals surface area contributed by atoms with E-state index in [9.17, 15) is 5.11 Å². The van der Waals surface area contributed by atoms with E-state index in [4.69, 9.17) is 9.15 Å². The summed E-state index contributed by atoms with van der Waals surface area (Å²) < 4.78 is 10.0. The quantitative estimate of drug-likeness (QED) is 0.700. The summed E-state index contributed by atoms with van der Waals surface area (Å²) in [5, 5.41) is 9.18. The van der Waals surface area contributed by atoms with Crippen LogP contribution in [0.3, 0.4) is 0 Å². The number of ether oxygens (including phenoxy) is 1. The number of aliphatic hydroxyl groups excluding tert-OH is 1. The molecule has 2 aromatic rings. The molecule has 0 aliphatic rings. The van der Waals surface area contributed by atoms with Gasteiger partial charge in [0.15, 0.2) is 6.29 Å². The van der Waals surface area contributed by atoms with Gasteiger partial charge in [0.25, 0.3) is 0 Å². The Bertz CT molecular complexity index is 352. The smallest absolute Gasteiger partial charge is 0.158 e. The fourth-order valence-electron chi connectivity index (χ4n) is 1.28. The van der Waals surface area contributed by atoms with Gasteiger partial charge in [-0.15, -0.1) is 0 Å². The van der Waals surface area contributed by atoms with Crippen LogP contribution in [-0.4, -0.2) is 18.5 Å². The molecule has 0 saturated carbocycles. The van der Waals surface area contributed by atoms with Gasteiger partial charge in [-0.3, -0.25) is 0 Å². The van der Waals surface area contributed by atoms with E-state index < -0.39 is 6.29 Å². The van der Waals surface area contributed by atoms with Crippen molar-refractivity contribution in [2.24, 2.45) is 0 Å². The van der Waals surface area contributed by atoms with Crippen LogP contribution in [0, 0.1) is 0 Å². The number of aliphatic hydroxyl groups is 1. The van der Waals surface area contributed by atoms with E-state index in [1.54, 1.807) is 0 Å². The van der Waals surface area contributed by atoms with Crippen molar-refractivity contribution in [1.29, 1.82) is 0 Å². The minimum Gasteiger partial charge on any atom is -0.457 e. The van der Waals surface area contributed by atoms with Crippen LogP contribution >= 0.6 is 0 Å². The zero-order chi connectivity index (χ0) is 8.55. The molecular formula is C9H10O3. The van der Waals surface area contributed by atoms with Crippen LogP contribution in [0.5, 0.6) is 0 Å². The van der Waals surface area contributed by atoms with Gasteiger partial charge in [0, 0.05) is 19.1 Å². The van der Waals surface area contributed by atoms with E-state index in [-0.39, 0.29) is 0 Å². The first-order valence-corrected chi connectivity index (χ1v) is 3.81. The molecule has 1 N–H and O–H groups in total. The number of benzene rings is 1. The number of rotatable bonds is 3. The predicted molar refractivity (Wildman–Crippen MR) is 44.1 cm³/mol. The van der Waals surface area contributed by atoms with E-state index in [1.165, 1.54) is 7.11 Å². The van der Waals surface area contributed by atoms with Gasteiger partial charge in [-0.05, 0) is 18.2 Å². The molecule has 0 saturated heterocycles. The molecule has 3 nitrogen and oxygen atoms in total. The van der Waals surface area contributed by atoms with Crippen molar-refractivity contribution in [2.75, 3.05) is 7.11 Å². The second-order valence-corrected chi connectivity index (χ2v) is 2.77. The van der Waals surface area contributed by atoms with Crippen LogP contribution in [0.15, 0.2) is 22.6 Å². The number of hydrogen-bond donors (Lipinski definition) is 1. The Hall–Kier alpha value is -1.06. The van der Waals surface area contributed by atoms with Crippen LogP contribution in [0.1, 0.15) is 5.56 Å². The molecule has 0 aromatic carbocycles. The standard InChI is InChI=1S/C9H10O3/c1-11-9(10)5-6-4-7-2-3-8(6)12-7/h2-4,9-10H,5H2,1H3. The highest BCUT2D eigenvalue weighted by atomic mass is 16.6.